The first-order chi connectivity index (χ1) is 10.6. The van der Waals surface area contributed by atoms with Gasteiger partial charge in [-0.05, 0) is 29.7 Å². The minimum Gasteiger partial charge on any atom is -0.497 e. The molecule has 1 N–H and O–H groups in total. The molecule has 1 aromatic carbocycles. The van der Waals surface area contributed by atoms with Gasteiger partial charge >= 0.3 is 0 Å². The quantitative estimate of drug-likeness (QED) is 0.884. The number of aliphatic hydroxyl groups is 1. The van der Waals surface area contributed by atoms with E-state index in [4.69, 9.17) is 14.2 Å². The number of rotatable bonds is 3. The third kappa shape index (κ3) is 2.08. The lowest BCUT2D eigenvalue weighted by molar-refractivity contribution is -0.271. The van der Waals surface area contributed by atoms with Gasteiger partial charge in [0, 0.05) is 37.8 Å². The molecular weight excluding hydrogens is 282 g/mol. The zero-order valence-corrected chi connectivity index (χ0v) is 13.3. The highest BCUT2D eigenvalue weighted by atomic mass is 16.7. The fourth-order valence-electron chi connectivity index (χ4n) is 3.37. The van der Waals surface area contributed by atoms with Crippen molar-refractivity contribution in [2.45, 2.75) is 31.2 Å². The zero-order chi connectivity index (χ0) is 15.9. The van der Waals surface area contributed by atoms with Crippen LogP contribution in [0.3, 0.4) is 0 Å². The lowest BCUT2D eigenvalue weighted by atomic mass is 9.77. The van der Waals surface area contributed by atoms with Crippen LogP contribution >= 0.6 is 0 Å². The van der Waals surface area contributed by atoms with E-state index in [9.17, 15) is 5.11 Å². The first-order valence-corrected chi connectivity index (χ1v) is 7.31. The first-order valence-electron chi connectivity index (χ1n) is 7.31. The number of methoxy groups -OCH3 is 3. The SMILES string of the molecule is COc1ccc2ncc3c(c2c1)C(O)C(OC)(OC)CC3C. The van der Waals surface area contributed by atoms with Crippen LogP contribution in [0, 0.1) is 0 Å². The first kappa shape index (κ1) is 15.2. The number of hydrogen-bond donors (Lipinski definition) is 1. The van der Waals surface area contributed by atoms with Gasteiger partial charge in [-0.3, -0.25) is 4.98 Å². The van der Waals surface area contributed by atoms with Gasteiger partial charge in [-0.2, -0.15) is 0 Å². The lowest BCUT2D eigenvalue weighted by Crippen LogP contribution is -2.45. The summed E-state index contributed by atoms with van der Waals surface area (Å²) in [6, 6.07) is 5.65. The number of hydrogen-bond acceptors (Lipinski definition) is 5. The maximum Gasteiger partial charge on any atom is 0.198 e. The van der Waals surface area contributed by atoms with Crippen molar-refractivity contribution >= 4 is 10.9 Å². The summed E-state index contributed by atoms with van der Waals surface area (Å²) in [6.07, 6.45) is 1.53. The molecule has 5 heteroatoms. The summed E-state index contributed by atoms with van der Waals surface area (Å²) in [6.45, 7) is 2.09. The average molecular weight is 303 g/mol. The predicted molar refractivity (Wildman–Crippen MR) is 83.0 cm³/mol. The Morgan fingerprint density at radius 3 is 2.59 bits per heavy atom. The van der Waals surface area contributed by atoms with E-state index in [0.29, 0.717) is 6.42 Å². The summed E-state index contributed by atoms with van der Waals surface area (Å²) in [5, 5.41) is 11.8. The molecule has 1 aliphatic carbocycles. The molecule has 0 fully saturated rings. The van der Waals surface area contributed by atoms with E-state index in [0.717, 1.165) is 27.8 Å². The van der Waals surface area contributed by atoms with E-state index in [-0.39, 0.29) is 5.92 Å². The molecule has 1 aromatic heterocycles. The molecule has 1 aliphatic rings. The van der Waals surface area contributed by atoms with E-state index < -0.39 is 11.9 Å². The van der Waals surface area contributed by atoms with Crippen LogP contribution < -0.4 is 4.74 Å². The summed E-state index contributed by atoms with van der Waals surface area (Å²) < 4.78 is 16.4. The van der Waals surface area contributed by atoms with E-state index in [1.165, 1.54) is 0 Å². The van der Waals surface area contributed by atoms with Crippen LogP contribution in [-0.4, -0.2) is 37.2 Å². The fraction of sp³-hybridized carbons (Fsp3) is 0.471. The Hall–Kier alpha value is -1.69. The summed E-state index contributed by atoms with van der Waals surface area (Å²) in [5.74, 6) is -0.140. The fourth-order valence-corrected chi connectivity index (χ4v) is 3.37. The normalized spacial score (nSPS) is 23.3. The van der Waals surface area contributed by atoms with Crippen molar-refractivity contribution in [3.05, 3.63) is 35.5 Å². The molecule has 0 spiro atoms. The summed E-state index contributed by atoms with van der Waals surface area (Å²) >= 11 is 0. The second kappa shape index (κ2) is 5.50. The smallest absolute Gasteiger partial charge is 0.198 e. The Kier molecular flexibility index (Phi) is 3.80. The molecule has 0 radical (unpaired) electrons. The van der Waals surface area contributed by atoms with Crippen LogP contribution in [0.4, 0.5) is 0 Å². The molecule has 22 heavy (non-hydrogen) atoms. The van der Waals surface area contributed by atoms with Gasteiger partial charge in [0.15, 0.2) is 5.79 Å². The molecule has 0 saturated carbocycles. The van der Waals surface area contributed by atoms with Gasteiger partial charge < -0.3 is 19.3 Å². The van der Waals surface area contributed by atoms with Gasteiger partial charge in [-0.1, -0.05) is 6.92 Å². The predicted octanol–water partition coefficient (Wildman–Crippen LogP) is 2.77. The van der Waals surface area contributed by atoms with Gasteiger partial charge in [0.1, 0.15) is 11.9 Å². The zero-order valence-electron chi connectivity index (χ0n) is 13.3. The molecule has 0 aliphatic heterocycles. The summed E-state index contributed by atoms with van der Waals surface area (Å²) in [5.41, 5.74) is 2.65. The summed E-state index contributed by atoms with van der Waals surface area (Å²) in [7, 11) is 4.75. The number of fused-ring (bicyclic) bond motifs is 3. The molecule has 2 atom stereocenters. The van der Waals surface area contributed by atoms with E-state index in [1.54, 1.807) is 21.3 Å². The Balaban J connectivity index is 2.29. The van der Waals surface area contributed by atoms with E-state index in [2.05, 4.69) is 11.9 Å². The van der Waals surface area contributed by atoms with Crippen LogP contribution in [0.2, 0.25) is 0 Å². The van der Waals surface area contributed by atoms with Gasteiger partial charge in [0.05, 0.1) is 12.6 Å². The maximum atomic E-state index is 10.9. The Morgan fingerprint density at radius 2 is 1.95 bits per heavy atom. The van der Waals surface area contributed by atoms with Crippen LogP contribution in [0.5, 0.6) is 5.75 Å². The maximum absolute atomic E-state index is 10.9. The van der Waals surface area contributed by atoms with Gasteiger partial charge in [0.25, 0.3) is 0 Å². The van der Waals surface area contributed by atoms with Crippen molar-refractivity contribution < 1.29 is 19.3 Å². The molecule has 118 valence electrons. The Labute approximate surface area is 129 Å². The van der Waals surface area contributed by atoms with Gasteiger partial charge in [-0.15, -0.1) is 0 Å². The van der Waals surface area contributed by atoms with Gasteiger partial charge in [-0.25, -0.2) is 0 Å². The third-order valence-electron chi connectivity index (χ3n) is 4.65. The van der Waals surface area contributed by atoms with Crippen molar-refractivity contribution in [2.75, 3.05) is 21.3 Å². The van der Waals surface area contributed by atoms with Crippen molar-refractivity contribution in [3.63, 3.8) is 0 Å². The summed E-state index contributed by atoms with van der Waals surface area (Å²) in [4.78, 5) is 4.51. The van der Waals surface area contributed by atoms with Crippen molar-refractivity contribution in [3.8, 4) is 5.75 Å². The second-order valence-corrected chi connectivity index (χ2v) is 5.74. The molecule has 5 nitrogen and oxygen atoms in total. The van der Waals surface area contributed by atoms with E-state index in [1.807, 2.05) is 24.4 Å². The largest absolute Gasteiger partial charge is 0.497 e. The lowest BCUT2D eigenvalue weighted by Gasteiger charge is -2.42. The number of pyridine rings is 1. The monoisotopic (exact) mass is 303 g/mol. The minimum absolute atomic E-state index is 0.168. The highest BCUT2D eigenvalue weighted by Crippen LogP contribution is 2.48. The van der Waals surface area contributed by atoms with Crippen LogP contribution in [0.25, 0.3) is 10.9 Å². The molecule has 0 saturated heterocycles. The van der Waals surface area contributed by atoms with Crippen LogP contribution in [-0.2, 0) is 9.47 Å². The highest BCUT2D eigenvalue weighted by molar-refractivity contribution is 5.85. The molecule has 0 amide bonds. The third-order valence-corrected chi connectivity index (χ3v) is 4.65. The second-order valence-electron chi connectivity index (χ2n) is 5.74. The number of nitrogens with zero attached hydrogens (tertiary/aromatic N) is 1. The Bertz CT molecular complexity index is 696. The number of aromatic nitrogens is 1. The van der Waals surface area contributed by atoms with Crippen molar-refractivity contribution in [1.82, 2.24) is 4.98 Å². The molecule has 2 aromatic rings. The van der Waals surface area contributed by atoms with Gasteiger partial charge in [0.2, 0.25) is 0 Å². The minimum atomic E-state index is -1.04. The standard InChI is InChI=1S/C17H21NO4/c1-10-8-17(21-3,22-4)16(19)15-12-7-11(20-2)5-6-14(12)18-9-13(10)15/h5-7,9-10,16,19H,8H2,1-4H3. The van der Waals surface area contributed by atoms with Crippen molar-refractivity contribution in [2.24, 2.45) is 0 Å². The molecule has 2 unspecified atom stereocenters. The molecule has 3 rings (SSSR count). The van der Waals surface area contributed by atoms with E-state index >= 15 is 0 Å². The average Bonchev–Trinajstić information content (AvgIpc) is 2.56. The van der Waals surface area contributed by atoms with Crippen molar-refractivity contribution in [1.29, 1.82) is 0 Å². The molecule has 0 bridgehead atoms. The topological polar surface area (TPSA) is 60.8 Å². The number of benzene rings is 1. The Morgan fingerprint density at radius 1 is 1.23 bits per heavy atom. The number of ether oxygens (including phenoxy) is 3. The van der Waals surface area contributed by atoms with Crippen LogP contribution in [0.15, 0.2) is 24.4 Å². The highest BCUT2D eigenvalue weighted by Gasteiger charge is 2.47. The molecular formula is C17H21NO4. The van der Waals surface area contributed by atoms with Crippen LogP contribution in [0.1, 0.15) is 36.5 Å². The molecule has 1 heterocycles. The number of aliphatic hydroxyl groups excluding tert-OH is 1.